The van der Waals surface area contributed by atoms with Gasteiger partial charge in [0.05, 0.1) is 5.02 Å². The second kappa shape index (κ2) is 8.59. The highest BCUT2D eigenvalue weighted by Crippen LogP contribution is 2.24. The number of hydrogen-bond donors (Lipinski definition) is 1. The van der Waals surface area contributed by atoms with Crippen LogP contribution < -0.4 is 5.32 Å². The van der Waals surface area contributed by atoms with E-state index in [4.69, 9.17) is 11.6 Å². The van der Waals surface area contributed by atoms with Crippen molar-refractivity contribution in [3.63, 3.8) is 0 Å². The molecule has 0 saturated heterocycles. The summed E-state index contributed by atoms with van der Waals surface area (Å²) in [5.74, 6) is -0.488. The zero-order valence-electron chi connectivity index (χ0n) is 11.9. The van der Waals surface area contributed by atoms with Gasteiger partial charge in [-0.25, -0.2) is 4.39 Å². The summed E-state index contributed by atoms with van der Waals surface area (Å²) in [6.45, 7) is 2.67. The Morgan fingerprint density at radius 2 is 2.00 bits per heavy atom. The van der Waals surface area contributed by atoms with Gasteiger partial charge in [0.1, 0.15) is 5.82 Å². The van der Waals surface area contributed by atoms with Crippen molar-refractivity contribution in [3.8, 4) is 0 Å². The summed E-state index contributed by atoms with van der Waals surface area (Å²) in [5, 5.41) is 3.21. The Labute approximate surface area is 127 Å². The van der Waals surface area contributed by atoms with E-state index in [2.05, 4.69) is 5.32 Å². The first-order valence-corrected chi connectivity index (χ1v) is 7.44. The summed E-state index contributed by atoms with van der Waals surface area (Å²) in [5.41, 5.74) is 0.433. The number of halogens is 5. The molecule has 0 saturated carbocycles. The zero-order chi connectivity index (χ0) is 15.9. The minimum atomic E-state index is -4.14. The van der Waals surface area contributed by atoms with E-state index in [0.29, 0.717) is 24.9 Å². The lowest BCUT2D eigenvalue weighted by atomic mass is 10.00. The van der Waals surface area contributed by atoms with E-state index < -0.39 is 18.4 Å². The van der Waals surface area contributed by atoms with Crippen LogP contribution in [0.25, 0.3) is 0 Å². The molecule has 1 unspecified atom stereocenters. The number of rotatable bonds is 8. The molecule has 1 nitrogen and oxygen atoms in total. The molecule has 1 aromatic carbocycles. The molecule has 21 heavy (non-hydrogen) atoms. The van der Waals surface area contributed by atoms with Crippen LogP contribution in [-0.2, 0) is 6.42 Å². The minimum Gasteiger partial charge on any atom is -0.314 e. The molecule has 120 valence electrons. The van der Waals surface area contributed by atoms with Gasteiger partial charge in [-0.05, 0) is 43.9 Å². The van der Waals surface area contributed by atoms with Crippen molar-refractivity contribution in [3.05, 3.63) is 34.6 Å². The maximum absolute atomic E-state index is 13.9. The topological polar surface area (TPSA) is 12.0 Å². The van der Waals surface area contributed by atoms with Gasteiger partial charge in [0.15, 0.2) is 0 Å². The third-order valence-electron chi connectivity index (χ3n) is 3.19. The largest absolute Gasteiger partial charge is 0.389 e. The Bertz CT molecular complexity index is 434. The van der Waals surface area contributed by atoms with Crippen molar-refractivity contribution in [2.24, 2.45) is 0 Å². The monoisotopic (exact) mass is 325 g/mol. The molecule has 0 radical (unpaired) electrons. The van der Waals surface area contributed by atoms with Crippen LogP contribution in [0.15, 0.2) is 18.2 Å². The summed E-state index contributed by atoms with van der Waals surface area (Å²) < 4.78 is 50.5. The molecule has 6 heteroatoms. The third-order valence-corrected chi connectivity index (χ3v) is 3.49. The Kier molecular flexibility index (Phi) is 7.46. The zero-order valence-corrected chi connectivity index (χ0v) is 12.7. The van der Waals surface area contributed by atoms with Crippen LogP contribution in [0.1, 0.15) is 38.2 Å². The maximum Gasteiger partial charge on any atom is 0.389 e. The lowest BCUT2D eigenvalue weighted by Gasteiger charge is -2.19. The molecule has 0 aliphatic heterocycles. The molecule has 0 fully saturated rings. The van der Waals surface area contributed by atoms with Gasteiger partial charge in [0, 0.05) is 12.5 Å². The fourth-order valence-corrected chi connectivity index (χ4v) is 2.34. The molecule has 1 N–H and O–H groups in total. The van der Waals surface area contributed by atoms with Gasteiger partial charge < -0.3 is 5.32 Å². The summed E-state index contributed by atoms with van der Waals surface area (Å²) in [6, 6.07) is 4.54. The smallest absolute Gasteiger partial charge is 0.314 e. The highest BCUT2D eigenvalue weighted by Gasteiger charge is 2.26. The fourth-order valence-electron chi connectivity index (χ4n) is 2.15. The van der Waals surface area contributed by atoms with Gasteiger partial charge in [-0.1, -0.05) is 30.7 Å². The highest BCUT2D eigenvalue weighted by atomic mass is 35.5. The molecule has 0 bridgehead atoms. The van der Waals surface area contributed by atoms with Gasteiger partial charge >= 0.3 is 6.18 Å². The molecule has 0 aliphatic carbocycles. The van der Waals surface area contributed by atoms with Gasteiger partial charge in [-0.2, -0.15) is 13.2 Å². The Balaban J connectivity index is 2.62. The molecule has 0 spiro atoms. The first-order valence-electron chi connectivity index (χ1n) is 7.06. The maximum atomic E-state index is 13.9. The van der Waals surface area contributed by atoms with Crippen molar-refractivity contribution < 1.29 is 17.6 Å². The molecule has 0 amide bonds. The van der Waals surface area contributed by atoms with Crippen molar-refractivity contribution in [2.45, 2.75) is 51.2 Å². The molecule has 1 atom stereocenters. The standard InChI is InChI=1S/C15H20ClF4N/c1-2-9-21-12(6-4-8-15(18,19)20)10-11-5-3-7-13(16)14(11)17/h3,5,7,12,21H,2,4,6,8-10H2,1H3. The average molecular weight is 326 g/mol. The van der Waals surface area contributed by atoms with Gasteiger partial charge in [0.2, 0.25) is 0 Å². The summed E-state index contributed by atoms with van der Waals surface area (Å²) >= 11 is 5.72. The lowest BCUT2D eigenvalue weighted by molar-refractivity contribution is -0.135. The number of alkyl halides is 3. The third kappa shape index (κ3) is 7.14. The fraction of sp³-hybridized carbons (Fsp3) is 0.600. The first-order chi connectivity index (χ1) is 9.83. The van der Waals surface area contributed by atoms with Crippen molar-refractivity contribution >= 4 is 11.6 Å². The van der Waals surface area contributed by atoms with E-state index in [-0.39, 0.29) is 17.5 Å². The SMILES string of the molecule is CCCNC(CCCC(F)(F)F)Cc1cccc(Cl)c1F. The average Bonchev–Trinajstić information content (AvgIpc) is 2.39. The van der Waals surface area contributed by atoms with Gasteiger partial charge in [-0.15, -0.1) is 0 Å². The van der Waals surface area contributed by atoms with Gasteiger partial charge in [-0.3, -0.25) is 0 Å². The molecule has 0 aromatic heterocycles. The van der Waals surface area contributed by atoms with E-state index >= 15 is 0 Å². The number of nitrogens with one attached hydrogen (secondary N) is 1. The van der Waals surface area contributed by atoms with Crippen molar-refractivity contribution in [2.75, 3.05) is 6.54 Å². The van der Waals surface area contributed by atoms with Crippen molar-refractivity contribution in [1.82, 2.24) is 5.32 Å². The minimum absolute atomic E-state index is 0.0348. The van der Waals surface area contributed by atoms with Crippen LogP contribution in [-0.4, -0.2) is 18.8 Å². The Hall–Kier alpha value is -0.810. The Morgan fingerprint density at radius 3 is 2.62 bits per heavy atom. The quantitative estimate of drug-likeness (QED) is 0.654. The molecule has 1 aromatic rings. The molecular formula is C15H20ClF4N. The van der Waals surface area contributed by atoms with Crippen molar-refractivity contribution in [1.29, 1.82) is 0 Å². The van der Waals surface area contributed by atoms with E-state index in [9.17, 15) is 17.6 Å². The Morgan fingerprint density at radius 1 is 1.29 bits per heavy atom. The molecular weight excluding hydrogens is 306 g/mol. The molecule has 0 aliphatic rings. The van der Waals surface area contributed by atoms with Crippen LogP contribution in [0.5, 0.6) is 0 Å². The van der Waals surface area contributed by atoms with Gasteiger partial charge in [0.25, 0.3) is 0 Å². The number of benzene rings is 1. The predicted octanol–water partition coefficient (Wildman–Crippen LogP) is 5.12. The highest BCUT2D eigenvalue weighted by molar-refractivity contribution is 6.30. The molecule has 1 rings (SSSR count). The normalized spacial score (nSPS) is 13.4. The van der Waals surface area contributed by atoms with E-state index in [1.165, 1.54) is 6.07 Å². The summed E-state index contributed by atoms with van der Waals surface area (Å²) in [4.78, 5) is 0. The lowest BCUT2D eigenvalue weighted by Crippen LogP contribution is -2.32. The summed E-state index contributed by atoms with van der Waals surface area (Å²) in [7, 11) is 0. The van der Waals surface area contributed by atoms with Crippen LogP contribution in [0.4, 0.5) is 17.6 Å². The van der Waals surface area contributed by atoms with Crippen LogP contribution in [0.3, 0.4) is 0 Å². The van der Waals surface area contributed by atoms with Crippen LogP contribution in [0.2, 0.25) is 5.02 Å². The second-order valence-corrected chi connectivity index (χ2v) is 5.48. The second-order valence-electron chi connectivity index (χ2n) is 5.08. The van der Waals surface area contributed by atoms with E-state index in [1.807, 2.05) is 6.92 Å². The summed E-state index contributed by atoms with van der Waals surface area (Å²) in [6.07, 6.45) is -3.36. The first kappa shape index (κ1) is 18.2. The van der Waals surface area contributed by atoms with Crippen LogP contribution >= 0.6 is 11.6 Å². The van der Waals surface area contributed by atoms with Crippen LogP contribution in [0, 0.1) is 5.82 Å². The number of hydrogen-bond acceptors (Lipinski definition) is 1. The van der Waals surface area contributed by atoms with E-state index in [0.717, 1.165) is 6.42 Å². The molecule has 0 heterocycles. The van der Waals surface area contributed by atoms with E-state index in [1.54, 1.807) is 12.1 Å². The predicted molar refractivity (Wildman–Crippen MR) is 77.1 cm³/mol.